The molecule has 2 N–H and O–H groups in total. The van der Waals surface area contributed by atoms with Gasteiger partial charge in [0.1, 0.15) is 0 Å². The lowest BCUT2D eigenvalue weighted by Gasteiger charge is -2.28. The minimum absolute atomic E-state index is 0.00269. The molecule has 0 aliphatic carbocycles. The second-order valence-corrected chi connectivity index (χ2v) is 6.28. The maximum absolute atomic E-state index is 12.6. The first-order chi connectivity index (χ1) is 9.47. The van der Waals surface area contributed by atoms with Crippen molar-refractivity contribution in [2.45, 2.75) is 19.4 Å². The number of nitrogens with two attached hydrogens (primary N) is 1. The minimum Gasteiger partial charge on any atom is -0.393 e. The molecule has 0 spiro atoms. The van der Waals surface area contributed by atoms with Gasteiger partial charge >= 0.3 is 0 Å². The molecule has 3 nitrogen and oxygen atoms in total. The van der Waals surface area contributed by atoms with Crippen LogP contribution >= 0.6 is 24.0 Å². The molecule has 2 unspecified atom stereocenters. The number of thioether (sulfide) groups is 1. The minimum atomic E-state index is -0.429. The van der Waals surface area contributed by atoms with Crippen LogP contribution in [-0.4, -0.2) is 40.9 Å². The van der Waals surface area contributed by atoms with Gasteiger partial charge in [0.2, 0.25) is 5.91 Å². The van der Waals surface area contributed by atoms with Crippen molar-refractivity contribution in [3.63, 3.8) is 0 Å². The summed E-state index contributed by atoms with van der Waals surface area (Å²) in [4.78, 5) is 14.6. The fourth-order valence-electron chi connectivity index (χ4n) is 1.98. The molecule has 0 heterocycles. The molecule has 1 aromatic rings. The predicted molar refractivity (Wildman–Crippen MR) is 91.0 cm³/mol. The molecular formula is C15H22N2OS2. The second kappa shape index (κ2) is 8.27. The summed E-state index contributed by atoms with van der Waals surface area (Å²) in [5, 5.41) is 0. The number of hydrogen-bond donors (Lipinski definition) is 1. The SMILES string of the molecule is CSCC(C)N(C)C(=O)C(Cc1ccccc1)C(N)=S. The molecule has 0 aromatic heterocycles. The average molecular weight is 310 g/mol. The molecule has 110 valence electrons. The first kappa shape index (κ1) is 17.0. The molecule has 0 bridgehead atoms. The summed E-state index contributed by atoms with van der Waals surface area (Å²) < 4.78 is 0. The highest BCUT2D eigenvalue weighted by atomic mass is 32.2. The molecular weight excluding hydrogens is 288 g/mol. The Labute approximate surface area is 130 Å². The number of nitrogens with zero attached hydrogens (tertiary/aromatic N) is 1. The highest BCUT2D eigenvalue weighted by Gasteiger charge is 2.27. The summed E-state index contributed by atoms with van der Waals surface area (Å²) in [7, 11) is 1.82. The van der Waals surface area contributed by atoms with Crippen molar-refractivity contribution in [3.8, 4) is 0 Å². The number of thiocarbonyl (C=S) groups is 1. The first-order valence-corrected chi connectivity index (χ1v) is 8.36. The van der Waals surface area contributed by atoms with Crippen molar-refractivity contribution in [1.82, 2.24) is 4.90 Å². The van der Waals surface area contributed by atoms with Gasteiger partial charge in [-0.3, -0.25) is 4.79 Å². The van der Waals surface area contributed by atoms with Gasteiger partial charge in [-0.2, -0.15) is 11.8 Å². The van der Waals surface area contributed by atoms with Crippen LogP contribution in [0.5, 0.6) is 0 Å². The van der Waals surface area contributed by atoms with Crippen molar-refractivity contribution in [3.05, 3.63) is 35.9 Å². The maximum Gasteiger partial charge on any atom is 0.232 e. The molecule has 2 atom stereocenters. The summed E-state index contributed by atoms with van der Waals surface area (Å²) >= 11 is 6.81. The lowest BCUT2D eigenvalue weighted by molar-refractivity contribution is -0.133. The average Bonchev–Trinajstić information content (AvgIpc) is 2.44. The van der Waals surface area contributed by atoms with Crippen LogP contribution in [0, 0.1) is 5.92 Å². The topological polar surface area (TPSA) is 46.3 Å². The Balaban J connectivity index is 2.80. The third kappa shape index (κ3) is 4.80. The molecule has 0 aliphatic heterocycles. The monoisotopic (exact) mass is 310 g/mol. The smallest absolute Gasteiger partial charge is 0.232 e. The Morgan fingerprint density at radius 1 is 1.40 bits per heavy atom. The van der Waals surface area contributed by atoms with E-state index in [1.54, 1.807) is 16.7 Å². The van der Waals surface area contributed by atoms with E-state index in [1.165, 1.54) is 0 Å². The predicted octanol–water partition coefficient (Wildman–Crippen LogP) is 2.34. The second-order valence-electron chi connectivity index (χ2n) is 4.90. The molecule has 0 saturated carbocycles. The third-order valence-corrected chi connectivity index (χ3v) is 4.44. The number of amides is 1. The summed E-state index contributed by atoms with van der Waals surface area (Å²) in [6.07, 6.45) is 2.59. The van der Waals surface area contributed by atoms with Crippen LogP contribution in [0.25, 0.3) is 0 Å². The molecule has 20 heavy (non-hydrogen) atoms. The molecule has 1 amide bonds. The van der Waals surface area contributed by atoms with Gasteiger partial charge in [0.15, 0.2) is 0 Å². The molecule has 0 aliphatic rings. The largest absolute Gasteiger partial charge is 0.393 e. The Bertz CT molecular complexity index is 450. The van der Waals surface area contributed by atoms with Crippen molar-refractivity contribution in [2.24, 2.45) is 11.7 Å². The molecule has 0 fully saturated rings. The summed E-state index contributed by atoms with van der Waals surface area (Å²) in [5.41, 5.74) is 6.85. The van der Waals surface area contributed by atoms with Crippen molar-refractivity contribution in [2.75, 3.05) is 19.1 Å². The van der Waals surface area contributed by atoms with Gasteiger partial charge in [-0.25, -0.2) is 0 Å². The van der Waals surface area contributed by atoms with Crippen LogP contribution in [-0.2, 0) is 11.2 Å². The van der Waals surface area contributed by atoms with E-state index in [9.17, 15) is 4.79 Å². The van der Waals surface area contributed by atoms with Crippen LogP contribution < -0.4 is 5.73 Å². The number of carbonyl (C=O) groups is 1. The van der Waals surface area contributed by atoms with E-state index in [0.717, 1.165) is 11.3 Å². The number of rotatable bonds is 7. The van der Waals surface area contributed by atoms with Crippen molar-refractivity contribution < 1.29 is 4.79 Å². The fourth-order valence-corrected chi connectivity index (χ4v) is 2.87. The van der Waals surface area contributed by atoms with E-state index in [4.69, 9.17) is 18.0 Å². The van der Waals surface area contributed by atoms with Gasteiger partial charge < -0.3 is 10.6 Å². The summed E-state index contributed by atoms with van der Waals surface area (Å²) in [5.74, 6) is 0.474. The zero-order valence-electron chi connectivity index (χ0n) is 12.2. The van der Waals surface area contributed by atoms with Crippen LogP contribution in [0.1, 0.15) is 12.5 Å². The van der Waals surface area contributed by atoms with Gasteiger partial charge in [-0.1, -0.05) is 42.5 Å². The number of carbonyl (C=O) groups excluding carboxylic acids is 1. The van der Waals surface area contributed by atoms with Crippen LogP contribution in [0.2, 0.25) is 0 Å². The van der Waals surface area contributed by atoms with Crippen molar-refractivity contribution >= 4 is 34.9 Å². The van der Waals surface area contributed by atoms with Crippen molar-refractivity contribution in [1.29, 1.82) is 0 Å². The van der Waals surface area contributed by atoms with Gasteiger partial charge in [-0.05, 0) is 25.2 Å². The molecule has 5 heteroatoms. The Hall–Kier alpha value is -1.07. The van der Waals surface area contributed by atoms with Crippen LogP contribution in [0.4, 0.5) is 0 Å². The van der Waals surface area contributed by atoms with Gasteiger partial charge in [-0.15, -0.1) is 0 Å². The zero-order valence-corrected chi connectivity index (χ0v) is 13.8. The van der Waals surface area contributed by atoms with Crippen LogP contribution in [0.15, 0.2) is 30.3 Å². The highest BCUT2D eigenvalue weighted by molar-refractivity contribution is 7.98. The lowest BCUT2D eigenvalue weighted by atomic mass is 9.97. The van der Waals surface area contributed by atoms with E-state index in [2.05, 4.69) is 0 Å². The van der Waals surface area contributed by atoms with E-state index in [0.29, 0.717) is 6.42 Å². The van der Waals surface area contributed by atoms with E-state index >= 15 is 0 Å². The molecule has 0 saturated heterocycles. The van der Waals surface area contributed by atoms with Gasteiger partial charge in [0, 0.05) is 18.8 Å². The normalized spacial score (nSPS) is 13.6. The van der Waals surface area contributed by atoms with Crippen LogP contribution in [0.3, 0.4) is 0 Å². The zero-order chi connectivity index (χ0) is 15.1. The van der Waals surface area contributed by atoms with Gasteiger partial charge in [0.25, 0.3) is 0 Å². The van der Waals surface area contributed by atoms with E-state index < -0.39 is 5.92 Å². The molecule has 1 aromatic carbocycles. The summed E-state index contributed by atoms with van der Waals surface area (Å²) in [6, 6.07) is 10.0. The van der Waals surface area contributed by atoms with E-state index in [1.807, 2.05) is 50.6 Å². The Morgan fingerprint density at radius 2 is 2.00 bits per heavy atom. The summed E-state index contributed by atoms with van der Waals surface area (Å²) in [6.45, 7) is 2.04. The Morgan fingerprint density at radius 3 is 2.50 bits per heavy atom. The number of benzene rings is 1. The molecule has 1 rings (SSSR count). The lowest BCUT2D eigenvalue weighted by Crippen LogP contribution is -2.45. The van der Waals surface area contributed by atoms with Gasteiger partial charge in [0.05, 0.1) is 10.9 Å². The van der Waals surface area contributed by atoms with E-state index in [-0.39, 0.29) is 16.9 Å². The fraction of sp³-hybridized carbons (Fsp3) is 0.467. The number of hydrogen-bond acceptors (Lipinski definition) is 3. The first-order valence-electron chi connectivity index (χ1n) is 6.56. The standard InChI is InChI=1S/C15H22N2OS2/c1-11(10-20-3)17(2)15(18)13(14(16)19)9-12-7-5-4-6-8-12/h4-8,11,13H,9-10H2,1-3H3,(H2,16,19). The third-order valence-electron chi connectivity index (χ3n) is 3.34. The maximum atomic E-state index is 12.6. The Kier molecular flexibility index (Phi) is 7.02. The quantitative estimate of drug-likeness (QED) is 0.785. The highest BCUT2D eigenvalue weighted by Crippen LogP contribution is 2.14. The molecule has 0 radical (unpaired) electrons.